The van der Waals surface area contributed by atoms with Crippen LogP contribution in [0.2, 0.25) is 0 Å². The largest absolute Gasteiger partial charge is 0.314 e. The van der Waals surface area contributed by atoms with Gasteiger partial charge < -0.3 is 5.32 Å². The van der Waals surface area contributed by atoms with Gasteiger partial charge in [0.2, 0.25) is 10.0 Å². The molecule has 0 aliphatic rings. The highest BCUT2D eigenvalue weighted by molar-refractivity contribution is 7.89. The quantitative estimate of drug-likeness (QED) is 0.609. The third-order valence-corrected chi connectivity index (χ3v) is 3.83. The van der Waals surface area contributed by atoms with E-state index in [0.29, 0.717) is 12.5 Å². The molecular weight excluding hydrogens is 224 g/mol. The number of rotatable bonds is 9. The molecule has 0 aromatic carbocycles. The molecule has 0 saturated carbocycles. The van der Waals surface area contributed by atoms with Gasteiger partial charge in [-0.05, 0) is 26.3 Å². The second-order valence-corrected chi connectivity index (χ2v) is 6.46. The van der Waals surface area contributed by atoms with Gasteiger partial charge in [-0.25, -0.2) is 13.1 Å². The minimum absolute atomic E-state index is 0.0491. The van der Waals surface area contributed by atoms with E-state index in [0.717, 1.165) is 19.4 Å². The van der Waals surface area contributed by atoms with Gasteiger partial charge in [0.15, 0.2) is 0 Å². The molecular formula is C11H26N2O2S. The Labute approximate surface area is 100 Å². The number of nitrogens with one attached hydrogen (secondary N) is 2. The molecule has 0 aromatic rings. The van der Waals surface area contributed by atoms with Crippen LogP contribution in [-0.2, 0) is 10.0 Å². The van der Waals surface area contributed by atoms with Crippen LogP contribution in [0.25, 0.3) is 0 Å². The van der Waals surface area contributed by atoms with Gasteiger partial charge in [-0.1, -0.05) is 27.2 Å². The molecule has 0 rings (SSSR count). The fraction of sp³-hybridized carbons (Fsp3) is 1.00. The molecule has 0 spiro atoms. The van der Waals surface area contributed by atoms with E-state index in [2.05, 4.69) is 30.8 Å². The first-order valence-corrected chi connectivity index (χ1v) is 7.76. The predicted octanol–water partition coefficient (Wildman–Crippen LogP) is 1.48. The summed E-state index contributed by atoms with van der Waals surface area (Å²) in [5.74, 6) is 0.209. The van der Waals surface area contributed by atoms with Crippen LogP contribution in [-0.4, -0.2) is 32.8 Å². The molecule has 0 aliphatic carbocycles. The lowest BCUT2D eigenvalue weighted by molar-refractivity contribution is 0.535. The summed E-state index contributed by atoms with van der Waals surface area (Å²) in [4.78, 5) is 0. The van der Waals surface area contributed by atoms with Crippen LogP contribution in [0.15, 0.2) is 0 Å². The normalized spacial score (nSPS) is 14.3. The monoisotopic (exact) mass is 250 g/mol. The third kappa shape index (κ3) is 9.12. The Bertz CT molecular complexity index is 263. The minimum Gasteiger partial charge on any atom is -0.314 e. The van der Waals surface area contributed by atoms with Crippen molar-refractivity contribution < 1.29 is 8.42 Å². The molecule has 16 heavy (non-hydrogen) atoms. The molecule has 0 amide bonds. The summed E-state index contributed by atoms with van der Waals surface area (Å²) in [5.41, 5.74) is 0. The van der Waals surface area contributed by atoms with Crippen LogP contribution in [0.3, 0.4) is 0 Å². The summed E-state index contributed by atoms with van der Waals surface area (Å²) >= 11 is 0. The number of hydrogen-bond acceptors (Lipinski definition) is 3. The zero-order chi connectivity index (χ0) is 12.6. The van der Waals surface area contributed by atoms with E-state index in [-0.39, 0.29) is 11.8 Å². The van der Waals surface area contributed by atoms with Crippen molar-refractivity contribution in [3.63, 3.8) is 0 Å². The molecule has 0 radical (unpaired) electrons. The van der Waals surface area contributed by atoms with Crippen molar-refractivity contribution in [1.29, 1.82) is 0 Å². The van der Waals surface area contributed by atoms with Gasteiger partial charge in [-0.2, -0.15) is 0 Å². The van der Waals surface area contributed by atoms with Crippen molar-refractivity contribution in [2.24, 2.45) is 0 Å². The van der Waals surface area contributed by atoms with Crippen molar-refractivity contribution in [2.45, 2.75) is 59.0 Å². The Balaban J connectivity index is 3.79. The average molecular weight is 250 g/mol. The van der Waals surface area contributed by atoms with Crippen LogP contribution >= 0.6 is 0 Å². The molecule has 5 heteroatoms. The summed E-state index contributed by atoms with van der Waals surface area (Å²) in [6.07, 6.45) is 2.55. The molecule has 1 atom stereocenters. The second kappa shape index (κ2) is 8.03. The highest BCUT2D eigenvalue weighted by atomic mass is 32.2. The lowest BCUT2D eigenvalue weighted by atomic mass is 10.2. The summed E-state index contributed by atoms with van der Waals surface area (Å²) in [7, 11) is -3.09. The van der Waals surface area contributed by atoms with E-state index >= 15 is 0 Å². The van der Waals surface area contributed by atoms with Gasteiger partial charge >= 0.3 is 0 Å². The standard InChI is InChI=1S/C11H26N2O2S/c1-5-7-11(4)13-16(14,15)9-6-8-12-10(2)3/h10-13H,5-9H2,1-4H3. The van der Waals surface area contributed by atoms with Crippen LogP contribution in [0.4, 0.5) is 0 Å². The Hall–Kier alpha value is -0.130. The van der Waals surface area contributed by atoms with E-state index in [1.165, 1.54) is 0 Å². The summed E-state index contributed by atoms with van der Waals surface area (Å²) in [5, 5.41) is 3.20. The summed E-state index contributed by atoms with van der Waals surface area (Å²) in [6.45, 7) is 8.82. The number of hydrogen-bond donors (Lipinski definition) is 2. The molecule has 4 nitrogen and oxygen atoms in total. The Morgan fingerprint density at radius 1 is 1.19 bits per heavy atom. The first kappa shape index (κ1) is 15.9. The van der Waals surface area contributed by atoms with Crippen LogP contribution in [0, 0.1) is 0 Å². The van der Waals surface area contributed by atoms with Crippen LogP contribution in [0.1, 0.15) is 47.0 Å². The molecule has 1 unspecified atom stereocenters. The Morgan fingerprint density at radius 2 is 1.81 bits per heavy atom. The molecule has 98 valence electrons. The maximum absolute atomic E-state index is 11.6. The fourth-order valence-corrected chi connectivity index (χ4v) is 2.88. The van der Waals surface area contributed by atoms with Crippen LogP contribution in [0.5, 0.6) is 0 Å². The van der Waals surface area contributed by atoms with E-state index < -0.39 is 10.0 Å². The Kier molecular flexibility index (Phi) is 7.97. The van der Waals surface area contributed by atoms with E-state index in [9.17, 15) is 8.42 Å². The van der Waals surface area contributed by atoms with Crippen molar-refractivity contribution in [1.82, 2.24) is 10.0 Å². The van der Waals surface area contributed by atoms with Gasteiger partial charge in [0.1, 0.15) is 0 Å². The fourth-order valence-electron chi connectivity index (χ4n) is 1.51. The van der Waals surface area contributed by atoms with Gasteiger partial charge in [-0.15, -0.1) is 0 Å². The van der Waals surface area contributed by atoms with Crippen molar-refractivity contribution in [3.05, 3.63) is 0 Å². The molecule has 0 bridgehead atoms. The Morgan fingerprint density at radius 3 is 2.31 bits per heavy atom. The predicted molar refractivity (Wildman–Crippen MR) is 69.0 cm³/mol. The van der Waals surface area contributed by atoms with E-state index in [1.54, 1.807) is 0 Å². The molecule has 0 aliphatic heterocycles. The average Bonchev–Trinajstić information content (AvgIpc) is 2.11. The maximum Gasteiger partial charge on any atom is 0.211 e. The molecule has 0 fully saturated rings. The third-order valence-electron chi connectivity index (χ3n) is 2.24. The topological polar surface area (TPSA) is 58.2 Å². The van der Waals surface area contributed by atoms with Gasteiger partial charge in [0.05, 0.1) is 5.75 Å². The molecule has 0 heterocycles. The van der Waals surface area contributed by atoms with E-state index in [1.807, 2.05) is 6.92 Å². The van der Waals surface area contributed by atoms with Gasteiger partial charge in [0.25, 0.3) is 0 Å². The van der Waals surface area contributed by atoms with Crippen molar-refractivity contribution >= 4 is 10.0 Å². The van der Waals surface area contributed by atoms with Crippen molar-refractivity contribution in [2.75, 3.05) is 12.3 Å². The lowest BCUT2D eigenvalue weighted by Gasteiger charge is -2.13. The SMILES string of the molecule is CCCC(C)NS(=O)(=O)CCCNC(C)C. The maximum atomic E-state index is 11.6. The highest BCUT2D eigenvalue weighted by Crippen LogP contribution is 1.99. The van der Waals surface area contributed by atoms with Gasteiger partial charge in [0, 0.05) is 12.1 Å². The molecule has 0 aromatic heterocycles. The lowest BCUT2D eigenvalue weighted by Crippen LogP contribution is -2.35. The van der Waals surface area contributed by atoms with E-state index in [4.69, 9.17) is 0 Å². The molecule has 2 N–H and O–H groups in total. The molecule has 0 saturated heterocycles. The highest BCUT2D eigenvalue weighted by Gasteiger charge is 2.13. The summed E-state index contributed by atoms with van der Waals surface area (Å²) in [6, 6.07) is 0.461. The minimum atomic E-state index is -3.09. The zero-order valence-corrected chi connectivity index (χ0v) is 11.7. The zero-order valence-electron chi connectivity index (χ0n) is 10.9. The second-order valence-electron chi connectivity index (χ2n) is 4.59. The number of sulfonamides is 1. The smallest absolute Gasteiger partial charge is 0.211 e. The van der Waals surface area contributed by atoms with Crippen LogP contribution < -0.4 is 10.0 Å². The summed E-state index contributed by atoms with van der Waals surface area (Å²) < 4.78 is 25.9. The first-order chi connectivity index (χ1) is 7.37. The van der Waals surface area contributed by atoms with Gasteiger partial charge in [-0.3, -0.25) is 0 Å². The first-order valence-electron chi connectivity index (χ1n) is 6.10. The van der Waals surface area contributed by atoms with Crippen molar-refractivity contribution in [3.8, 4) is 0 Å².